The number of hydrogen-bond acceptors (Lipinski definition) is 3. The molecule has 0 atom stereocenters. The molecule has 1 aromatic carbocycles. The third-order valence-corrected chi connectivity index (χ3v) is 2.94. The van der Waals surface area contributed by atoms with Crippen molar-refractivity contribution >= 4 is 17.5 Å². The van der Waals surface area contributed by atoms with Crippen LogP contribution in [0, 0.1) is 0 Å². The molecule has 2 rings (SSSR count). The summed E-state index contributed by atoms with van der Waals surface area (Å²) in [6, 6.07) is 10.6. The van der Waals surface area contributed by atoms with Crippen LogP contribution in [0.15, 0.2) is 42.6 Å². The van der Waals surface area contributed by atoms with E-state index in [9.17, 15) is 9.90 Å². The average molecular weight is 277 g/mol. The molecule has 2 aromatic rings. The summed E-state index contributed by atoms with van der Waals surface area (Å²) in [5.41, 5.74) is 2.14. The molecule has 0 aliphatic heterocycles. The van der Waals surface area contributed by atoms with Gasteiger partial charge in [-0.3, -0.25) is 4.79 Å². The first kappa shape index (κ1) is 13.5. The van der Waals surface area contributed by atoms with Crippen LogP contribution in [0.3, 0.4) is 0 Å². The summed E-state index contributed by atoms with van der Waals surface area (Å²) in [4.78, 5) is 15.7. The van der Waals surface area contributed by atoms with Gasteiger partial charge in [-0.05, 0) is 23.3 Å². The van der Waals surface area contributed by atoms with Crippen LogP contribution in [-0.2, 0) is 13.2 Å². The minimum absolute atomic E-state index is 0.0471. The van der Waals surface area contributed by atoms with Gasteiger partial charge in [0.05, 0.1) is 12.2 Å². The Labute approximate surface area is 116 Å². The van der Waals surface area contributed by atoms with E-state index in [2.05, 4.69) is 10.3 Å². The van der Waals surface area contributed by atoms with Gasteiger partial charge in [-0.15, -0.1) is 0 Å². The number of nitrogens with zero attached hydrogens (tertiary/aromatic N) is 1. The zero-order valence-electron chi connectivity index (χ0n) is 10.1. The Morgan fingerprint density at radius 1 is 1.21 bits per heavy atom. The van der Waals surface area contributed by atoms with Crippen LogP contribution in [0.1, 0.15) is 21.5 Å². The monoisotopic (exact) mass is 276 g/mol. The second-order valence-electron chi connectivity index (χ2n) is 3.98. The summed E-state index contributed by atoms with van der Waals surface area (Å²) in [5.74, 6) is -0.225. The molecule has 0 spiro atoms. The number of carbonyl (C=O) groups excluding carboxylic acids is 1. The number of halogens is 1. The van der Waals surface area contributed by atoms with E-state index in [4.69, 9.17) is 11.6 Å². The van der Waals surface area contributed by atoms with Crippen molar-refractivity contribution in [3.8, 4) is 0 Å². The largest absolute Gasteiger partial charge is 0.392 e. The SMILES string of the molecule is O=C(NCc1ccccc1CO)c1ccc(Cl)nc1. The lowest BCUT2D eigenvalue weighted by atomic mass is 10.1. The number of nitrogens with one attached hydrogen (secondary N) is 1. The molecule has 0 aliphatic carbocycles. The lowest BCUT2D eigenvalue weighted by molar-refractivity contribution is 0.0950. The summed E-state index contributed by atoms with van der Waals surface area (Å²) in [5, 5.41) is 12.3. The highest BCUT2D eigenvalue weighted by Gasteiger charge is 2.07. The molecule has 1 amide bonds. The summed E-state index contributed by atoms with van der Waals surface area (Å²) < 4.78 is 0. The van der Waals surface area contributed by atoms with Crippen LogP contribution in [0.4, 0.5) is 0 Å². The van der Waals surface area contributed by atoms with Crippen molar-refractivity contribution in [2.75, 3.05) is 0 Å². The second kappa shape index (κ2) is 6.31. The van der Waals surface area contributed by atoms with Crippen molar-refractivity contribution < 1.29 is 9.90 Å². The fourth-order valence-corrected chi connectivity index (χ4v) is 1.78. The normalized spacial score (nSPS) is 10.2. The molecule has 0 fully saturated rings. The summed E-state index contributed by atoms with van der Waals surface area (Å²) in [6.07, 6.45) is 1.43. The summed E-state index contributed by atoms with van der Waals surface area (Å²) in [7, 11) is 0. The lowest BCUT2D eigenvalue weighted by Gasteiger charge is -2.08. The fraction of sp³-hybridized carbons (Fsp3) is 0.143. The molecular weight excluding hydrogens is 264 g/mol. The number of amides is 1. The van der Waals surface area contributed by atoms with E-state index in [0.29, 0.717) is 17.3 Å². The molecule has 1 heterocycles. The van der Waals surface area contributed by atoms with Gasteiger partial charge in [0.25, 0.3) is 5.91 Å². The maximum absolute atomic E-state index is 11.9. The summed E-state index contributed by atoms with van der Waals surface area (Å²) >= 11 is 5.66. The number of aliphatic hydroxyl groups excluding tert-OH is 1. The van der Waals surface area contributed by atoms with Crippen LogP contribution in [0.5, 0.6) is 0 Å². The predicted molar refractivity (Wildman–Crippen MR) is 72.8 cm³/mol. The van der Waals surface area contributed by atoms with Gasteiger partial charge >= 0.3 is 0 Å². The van der Waals surface area contributed by atoms with Crippen LogP contribution in [0.2, 0.25) is 5.15 Å². The van der Waals surface area contributed by atoms with E-state index < -0.39 is 0 Å². The molecule has 19 heavy (non-hydrogen) atoms. The Bertz CT molecular complexity index is 570. The topological polar surface area (TPSA) is 62.2 Å². The molecule has 0 aliphatic rings. The zero-order chi connectivity index (χ0) is 13.7. The Kier molecular flexibility index (Phi) is 4.49. The highest BCUT2D eigenvalue weighted by atomic mass is 35.5. The smallest absolute Gasteiger partial charge is 0.253 e. The molecule has 4 nitrogen and oxygen atoms in total. The van der Waals surface area contributed by atoms with Gasteiger partial charge in [-0.2, -0.15) is 0 Å². The molecule has 5 heteroatoms. The molecule has 1 aromatic heterocycles. The number of pyridine rings is 1. The van der Waals surface area contributed by atoms with E-state index in [0.717, 1.165) is 11.1 Å². The van der Waals surface area contributed by atoms with Crippen LogP contribution < -0.4 is 5.32 Å². The number of carbonyl (C=O) groups is 1. The first-order valence-corrected chi connectivity index (χ1v) is 6.16. The molecule has 98 valence electrons. The van der Waals surface area contributed by atoms with Crippen molar-refractivity contribution in [3.63, 3.8) is 0 Å². The minimum atomic E-state index is -0.225. The van der Waals surface area contributed by atoms with E-state index in [1.54, 1.807) is 12.1 Å². The van der Waals surface area contributed by atoms with Gasteiger partial charge in [-0.1, -0.05) is 35.9 Å². The Morgan fingerprint density at radius 2 is 1.95 bits per heavy atom. The van der Waals surface area contributed by atoms with Gasteiger partial charge < -0.3 is 10.4 Å². The molecule has 0 saturated carbocycles. The van der Waals surface area contributed by atoms with Crippen molar-refractivity contribution in [3.05, 3.63) is 64.4 Å². The maximum Gasteiger partial charge on any atom is 0.253 e. The van der Waals surface area contributed by atoms with E-state index >= 15 is 0 Å². The van der Waals surface area contributed by atoms with Gasteiger partial charge in [-0.25, -0.2) is 4.98 Å². The zero-order valence-corrected chi connectivity index (χ0v) is 10.9. The van der Waals surface area contributed by atoms with E-state index in [-0.39, 0.29) is 12.5 Å². The first-order chi connectivity index (χ1) is 9.20. The third-order valence-electron chi connectivity index (χ3n) is 2.72. The van der Waals surface area contributed by atoms with Crippen LogP contribution >= 0.6 is 11.6 Å². The van der Waals surface area contributed by atoms with Crippen molar-refractivity contribution in [1.29, 1.82) is 0 Å². The predicted octanol–water partition coefficient (Wildman–Crippen LogP) is 2.16. The molecule has 2 N–H and O–H groups in total. The first-order valence-electron chi connectivity index (χ1n) is 5.78. The number of aromatic nitrogens is 1. The van der Waals surface area contributed by atoms with Crippen LogP contribution in [0.25, 0.3) is 0 Å². The minimum Gasteiger partial charge on any atom is -0.392 e. The highest BCUT2D eigenvalue weighted by Crippen LogP contribution is 2.09. The van der Waals surface area contributed by atoms with Crippen molar-refractivity contribution in [2.45, 2.75) is 13.2 Å². The number of rotatable bonds is 4. The van der Waals surface area contributed by atoms with Gasteiger partial charge in [0.1, 0.15) is 5.15 Å². The number of benzene rings is 1. The highest BCUT2D eigenvalue weighted by molar-refractivity contribution is 6.29. The maximum atomic E-state index is 11.9. The quantitative estimate of drug-likeness (QED) is 0.841. The molecule has 0 unspecified atom stereocenters. The van der Waals surface area contributed by atoms with Crippen LogP contribution in [-0.4, -0.2) is 16.0 Å². The van der Waals surface area contributed by atoms with Crippen molar-refractivity contribution in [1.82, 2.24) is 10.3 Å². The fourth-order valence-electron chi connectivity index (χ4n) is 1.67. The molecular formula is C14H13ClN2O2. The van der Waals surface area contributed by atoms with Gasteiger partial charge in [0.15, 0.2) is 0 Å². The molecule has 0 radical (unpaired) electrons. The van der Waals surface area contributed by atoms with Gasteiger partial charge in [0, 0.05) is 12.7 Å². The van der Waals surface area contributed by atoms with E-state index in [1.807, 2.05) is 24.3 Å². The number of hydrogen-bond donors (Lipinski definition) is 2. The average Bonchev–Trinajstić information content (AvgIpc) is 2.45. The third kappa shape index (κ3) is 3.53. The molecule has 0 saturated heterocycles. The molecule has 0 bridgehead atoms. The number of aliphatic hydroxyl groups is 1. The lowest BCUT2D eigenvalue weighted by Crippen LogP contribution is -2.23. The Morgan fingerprint density at radius 3 is 2.58 bits per heavy atom. The Hall–Kier alpha value is -1.91. The Balaban J connectivity index is 2.02. The standard InChI is InChI=1S/C14H13ClN2O2/c15-13-6-5-11(8-16-13)14(19)17-7-10-3-1-2-4-12(10)9-18/h1-6,8,18H,7,9H2,(H,17,19). The van der Waals surface area contributed by atoms with Gasteiger partial charge in [0.2, 0.25) is 0 Å². The van der Waals surface area contributed by atoms with E-state index in [1.165, 1.54) is 6.20 Å². The van der Waals surface area contributed by atoms with Crippen molar-refractivity contribution in [2.24, 2.45) is 0 Å². The summed E-state index contributed by atoms with van der Waals surface area (Å²) in [6.45, 7) is 0.312. The second-order valence-corrected chi connectivity index (χ2v) is 4.37.